The molecule has 8 heteroatoms. The molecule has 1 aromatic heterocycles. The van der Waals surface area contributed by atoms with Gasteiger partial charge in [-0.3, -0.25) is 4.99 Å². The van der Waals surface area contributed by atoms with Crippen molar-refractivity contribution in [1.82, 2.24) is 14.9 Å². The lowest BCUT2D eigenvalue weighted by Gasteiger charge is -2.38. The quantitative estimate of drug-likeness (QED) is 0.526. The number of carbonyl (C=O) groups is 1. The highest BCUT2D eigenvalue weighted by molar-refractivity contribution is 5.97. The van der Waals surface area contributed by atoms with Crippen molar-refractivity contribution in [2.75, 3.05) is 0 Å². The maximum atomic E-state index is 13.1. The molecule has 2 saturated heterocycles. The van der Waals surface area contributed by atoms with Crippen molar-refractivity contribution < 1.29 is 19.0 Å². The van der Waals surface area contributed by atoms with E-state index in [2.05, 4.69) is 28.0 Å². The monoisotopic (exact) mass is 490 g/mol. The predicted molar refractivity (Wildman–Crippen MR) is 136 cm³/mol. The highest BCUT2D eigenvalue weighted by Crippen LogP contribution is 2.39. The number of nitrogens with zero attached hydrogens (tertiary/aromatic N) is 4. The molecule has 4 atom stereocenters. The standard InChI is InChI=1S/C28H34N4O4/c1-17-10-13-25(19(3)31-17)36-27-18(2)26(29-16-30-27)35-24-14-22-11-12-23(15-24)32(22)28(33)34-20(4)21-8-6-5-7-9-21/h5-9,13,16-17,20,22-24H,10-12,14-15H2,1-4H3/t17?,20-,22+,23+/m1/s1. The van der Waals surface area contributed by atoms with Gasteiger partial charge in [0.25, 0.3) is 0 Å². The predicted octanol–water partition coefficient (Wildman–Crippen LogP) is 5.57. The molecule has 0 N–H and O–H groups in total. The lowest BCUT2D eigenvalue weighted by molar-refractivity contribution is 0.0170. The van der Waals surface area contributed by atoms with Crippen LogP contribution in [0.25, 0.3) is 0 Å². The Labute approximate surface area is 212 Å². The Kier molecular flexibility index (Phi) is 6.94. The average molecular weight is 491 g/mol. The SMILES string of the molecule is CC1=NC(C)CC=C1Oc1ncnc(OC2C[C@@H]3CC[C@@H](C2)N3C(=O)O[C@H](C)c2ccccc2)c1C. The number of carbonyl (C=O) groups excluding carboxylic acids is 1. The van der Waals surface area contributed by atoms with Crippen LogP contribution in [0.3, 0.4) is 0 Å². The fraction of sp³-hybridized carbons (Fsp3) is 0.500. The van der Waals surface area contributed by atoms with E-state index in [1.165, 1.54) is 6.33 Å². The van der Waals surface area contributed by atoms with E-state index in [1.54, 1.807) is 0 Å². The maximum absolute atomic E-state index is 13.1. The molecule has 1 aromatic carbocycles. The van der Waals surface area contributed by atoms with Gasteiger partial charge in [0.1, 0.15) is 24.3 Å². The van der Waals surface area contributed by atoms with E-state index >= 15 is 0 Å². The summed E-state index contributed by atoms with van der Waals surface area (Å²) in [4.78, 5) is 28.3. The summed E-state index contributed by atoms with van der Waals surface area (Å²) >= 11 is 0. The minimum atomic E-state index is -0.287. The van der Waals surface area contributed by atoms with Crippen molar-refractivity contribution in [2.24, 2.45) is 4.99 Å². The van der Waals surface area contributed by atoms with E-state index in [0.717, 1.165) is 54.7 Å². The molecule has 0 aliphatic carbocycles. The second kappa shape index (κ2) is 10.3. The molecule has 0 spiro atoms. The fourth-order valence-corrected chi connectivity index (χ4v) is 5.42. The van der Waals surface area contributed by atoms with Crippen molar-refractivity contribution in [3.63, 3.8) is 0 Å². The summed E-state index contributed by atoms with van der Waals surface area (Å²) in [6.45, 7) is 7.86. The maximum Gasteiger partial charge on any atom is 0.410 e. The van der Waals surface area contributed by atoms with E-state index in [9.17, 15) is 4.79 Å². The summed E-state index contributed by atoms with van der Waals surface area (Å²) in [5, 5.41) is 0. The second-order valence-corrected chi connectivity index (χ2v) is 10.0. The Morgan fingerprint density at radius 2 is 1.75 bits per heavy atom. The van der Waals surface area contributed by atoms with Gasteiger partial charge in [0.15, 0.2) is 0 Å². The molecule has 1 unspecified atom stereocenters. The second-order valence-electron chi connectivity index (χ2n) is 10.0. The summed E-state index contributed by atoms with van der Waals surface area (Å²) in [6.07, 6.45) is 7.24. The van der Waals surface area contributed by atoms with Crippen molar-refractivity contribution in [3.8, 4) is 11.8 Å². The van der Waals surface area contributed by atoms with E-state index in [1.807, 2.05) is 56.0 Å². The molecular weight excluding hydrogens is 456 g/mol. The van der Waals surface area contributed by atoms with Crippen LogP contribution in [-0.2, 0) is 4.74 Å². The number of rotatable bonds is 6. The van der Waals surface area contributed by atoms with Crippen LogP contribution in [0.4, 0.5) is 4.79 Å². The van der Waals surface area contributed by atoms with Gasteiger partial charge >= 0.3 is 6.09 Å². The number of hydrogen-bond acceptors (Lipinski definition) is 7. The number of aliphatic imine (C=N–C) groups is 1. The summed E-state index contributed by atoms with van der Waals surface area (Å²) < 4.78 is 18.3. The number of ether oxygens (including phenoxy) is 3. The number of piperidine rings is 1. The Balaban J connectivity index is 1.22. The molecular formula is C28H34N4O4. The van der Waals surface area contributed by atoms with E-state index in [4.69, 9.17) is 14.2 Å². The van der Waals surface area contributed by atoms with Crippen molar-refractivity contribution >= 4 is 11.8 Å². The minimum absolute atomic E-state index is 0.0300. The fourth-order valence-electron chi connectivity index (χ4n) is 5.42. The Hall–Kier alpha value is -3.42. The molecule has 8 nitrogen and oxygen atoms in total. The third-order valence-electron chi connectivity index (χ3n) is 7.34. The van der Waals surface area contributed by atoms with Crippen molar-refractivity contribution in [1.29, 1.82) is 0 Å². The minimum Gasteiger partial charge on any atom is -0.474 e. The first-order chi connectivity index (χ1) is 17.4. The smallest absolute Gasteiger partial charge is 0.410 e. The Morgan fingerprint density at radius 3 is 2.44 bits per heavy atom. The summed E-state index contributed by atoms with van der Waals surface area (Å²) in [6, 6.07) is 10.3. The third-order valence-corrected chi connectivity index (χ3v) is 7.34. The lowest BCUT2D eigenvalue weighted by Crippen LogP contribution is -2.49. The van der Waals surface area contributed by atoms with Gasteiger partial charge in [-0.2, -0.15) is 0 Å². The van der Waals surface area contributed by atoms with Crippen LogP contribution >= 0.6 is 0 Å². The van der Waals surface area contributed by atoms with Crippen LogP contribution in [-0.4, -0.2) is 50.9 Å². The largest absolute Gasteiger partial charge is 0.474 e. The molecule has 5 rings (SSSR count). The van der Waals surface area contributed by atoms with Crippen LogP contribution in [0.1, 0.15) is 70.1 Å². The molecule has 36 heavy (non-hydrogen) atoms. The molecule has 3 aliphatic heterocycles. The Bertz CT molecular complexity index is 1150. The van der Waals surface area contributed by atoms with Crippen LogP contribution in [0.5, 0.6) is 11.8 Å². The highest BCUT2D eigenvalue weighted by atomic mass is 16.6. The van der Waals surface area contributed by atoms with Gasteiger partial charge in [0.2, 0.25) is 11.8 Å². The van der Waals surface area contributed by atoms with Gasteiger partial charge in [-0.15, -0.1) is 0 Å². The Morgan fingerprint density at radius 1 is 1.06 bits per heavy atom. The number of benzene rings is 1. The number of amides is 1. The topological polar surface area (TPSA) is 86.1 Å². The number of dihydropyridines is 1. The van der Waals surface area contributed by atoms with Gasteiger partial charge in [0.05, 0.1) is 17.3 Å². The molecule has 190 valence electrons. The van der Waals surface area contributed by atoms with Gasteiger partial charge in [-0.25, -0.2) is 14.8 Å². The van der Waals surface area contributed by atoms with E-state index in [-0.39, 0.29) is 36.4 Å². The van der Waals surface area contributed by atoms with Crippen molar-refractivity contribution in [3.05, 3.63) is 59.6 Å². The molecule has 2 bridgehead atoms. The number of hydrogen-bond donors (Lipinski definition) is 0. The third kappa shape index (κ3) is 5.08. The van der Waals surface area contributed by atoms with Crippen LogP contribution in [0, 0.1) is 6.92 Å². The molecule has 4 heterocycles. The highest BCUT2D eigenvalue weighted by Gasteiger charge is 2.45. The molecule has 0 saturated carbocycles. The van der Waals surface area contributed by atoms with Crippen molar-refractivity contribution in [2.45, 2.75) is 90.1 Å². The first kappa shape index (κ1) is 24.3. The molecule has 2 aromatic rings. The van der Waals surface area contributed by atoms with Gasteiger partial charge in [0, 0.05) is 24.9 Å². The zero-order chi connectivity index (χ0) is 25.2. The summed E-state index contributed by atoms with van der Waals surface area (Å²) in [5.74, 6) is 1.74. The van der Waals surface area contributed by atoms with Gasteiger partial charge < -0.3 is 19.1 Å². The van der Waals surface area contributed by atoms with Crippen LogP contribution in [0.15, 0.2) is 53.5 Å². The summed E-state index contributed by atoms with van der Waals surface area (Å²) in [5.41, 5.74) is 2.62. The van der Waals surface area contributed by atoms with Gasteiger partial charge in [-0.1, -0.05) is 30.3 Å². The molecule has 1 amide bonds. The summed E-state index contributed by atoms with van der Waals surface area (Å²) in [7, 11) is 0. The molecule has 2 fully saturated rings. The van der Waals surface area contributed by atoms with E-state index < -0.39 is 0 Å². The molecule has 0 radical (unpaired) electrons. The first-order valence-electron chi connectivity index (χ1n) is 12.8. The van der Waals surface area contributed by atoms with Crippen LogP contribution < -0.4 is 9.47 Å². The van der Waals surface area contributed by atoms with Gasteiger partial charge in [-0.05, 0) is 58.6 Å². The zero-order valence-electron chi connectivity index (χ0n) is 21.4. The van der Waals surface area contributed by atoms with E-state index in [0.29, 0.717) is 11.8 Å². The number of fused-ring (bicyclic) bond motifs is 2. The zero-order valence-corrected chi connectivity index (χ0v) is 21.4. The van der Waals surface area contributed by atoms with Crippen LogP contribution in [0.2, 0.25) is 0 Å². The number of aromatic nitrogens is 2. The molecule has 3 aliphatic rings. The lowest BCUT2D eigenvalue weighted by atomic mass is 10.00. The first-order valence-corrected chi connectivity index (χ1v) is 12.8. The number of allylic oxidation sites excluding steroid dienone is 1. The normalized spacial score (nSPS) is 26.1. The average Bonchev–Trinajstić information content (AvgIpc) is 3.14.